The van der Waals surface area contributed by atoms with Gasteiger partial charge >= 0.3 is 0 Å². The van der Waals surface area contributed by atoms with E-state index in [0.717, 1.165) is 12.8 Å². The van der Waals surface area contributed by atoms with E-state index in [2.05, 4.69) is 5.32 Å². The predicted molar refractivity (Wildman–Crippen MR) is 102 cm³/mol. The van der Waals surface area contributed by atoms with Gasteiger partial charge < -0.3 is 10.4 Å². The summed E-state index contributed by atoms with van der Waals surface area (Å²) < 4.78 is 26.7. The number of benzene rings is 2. The lowest BCUT2D eigenvalue weighted by Gasteiger charge is -2.16. The number of aromatic hydroxyl groups is 1. The van der Waals surface area contributed by atoms with Gasteiger partial charge in [-0.15, -0.1) is 0 Å². The number of phenols is 1. The van der Waals surface area contributed by atoms with Crippen LogP contribution in [0.25, 0.3) is 0 Å². The molecule has 1 aliphatic rings. The Morgan fingerprint density at radius 2 is 1.86 bits per heavy atom. The molecule has 28 heavy (non-hydrogen) atoms. The van der Waals surface area contributed by atoms with Crippen LogP contribution in [0.2, 0.25) is 0 Å². The first-order chi connectivity index (χ1) is 13.2. The minimum atomic E-state index is -3.70. The van der Waals surface area contributed by atoms with E-state index in [0.29, 0.717) is 18.7 Å². The number of carbonyl (C=O) groups is 1. The first-order valence-electron chi connectivity index (χ1n) is 8.60. The van der Waals surface area contributed by atoms with Gasteiger partial charge in [-0.25, -0.2) is 8.42 Å². The lowest BCUT2D eigenvalue weighted by atomic mass is 10.1. The molecular formula is C18H19N3O6S. The third-order valence-electron chi connectivity index (χ3n) is 4.57. The first-order valence-corrected chi connectivity index (χ1v) is 10.0. The van der Waals surface area contributed by atoms with Crippen molar-refractivity contribution in [2.24, 2.45) is 0 Å². The number of rotatable bonds is 5. The molecule has 2 N–H and O–H groups in total. The number of hydrogen-bond acceptors (Lipinski definition) is 6. The predicted octanol–water partition coefficient (Wildman–Crippen LogP) is 2.65. The summed E-state index contributed by atoms with van der Waals surface area (Å²) in [5.74, 6) is -0.906. The van der Waals surface area contributed by atoms with Crippen molar-refractivity contribution in [2.75, 3.05) is 18.4 Å². The first kappa shape index (κ1) is 19.8. The molecule has 0 spiro atoms. The Kier molecular flexibility index (Phi) is 5.34. The topological polar surface area (TPSA) is 130 Å². The normalized spacial score (nSPS) is 14.8. The number of nitrogens with one attached hydrogen (secondary N) is 1. The summed E-state index contributed by atoms with van der Waals surface area (Å²) in [5.41, 5.74) is 0.293. The molecule has 0 bridgehead atoms. The molecule has 1 saturated heterocycles. The van der Waals surface area contributed by atoms with Gasteiger partial charge in [0.15, 0.2) is 0 Å². The zero-order chi connectivity index (χ0) is 20.5. The van der Waals surface area contributed by atoms with Gasteiger partial charge in [0.1, 0.15) is 5.75 Å². The average Bonchev–Trinajstić information content (AvgIpc) is 3.18. The number of nitrogens with zero attached hydrogens (tertiary/aromatic N) is 2. The van der Waals surface area contributed by atoms with Crippen molar-refractivity contribution in [3.63, 3.8) is 0 Å². The highest BCUT2D eigenvalue weighted by molar-refractivity contribution is 7.89. The summed E-state index contributed by atoms with van der Waals surface area (Å²) in [5, 5.41) is 23.4. The van der Waals surface area contributed by atoms with Crippen molar-refractivity contribution >= 4 is 27.3 Å². The molecule has 0 saturated carbocycles. The third-order valence-corrected chi connectivity index (χ3v) is 6.47. The van der Waals surface area contributed by atoms with Crippen LogP contribution in [0, 0.1) is 17.0 Å². The molecule has 2 aromatic rings. The molecule has 1 heterocycles. The van der Waals surface area contributed by atoms with Crippen LogP contribution in [0.1, 0.15) is 28.8 Å². The maximum absolute atomic E-state index is 12.7. The Labute approximate surface area is 161 Å². The van der Waals surface area contributed by atoms with E-state index in [1.165, 1.54) is 47.6 Å². The van der Waals surface area contributed by atoms with Gasteiger partial charge in [-0.05, 0) is 50.1 Å². The van der Waals surface area contributed by atoms with Gasteiger partial charge in [0.2, 0.25) is 10.0 Å². The number of aryl methyl sites for hydroxylation is 1. The van der Waals surface area contributed by atoms with Crippen molar-refractivity contribution in [3.05, 3.63) is 57.6 Å². The summed E-state index contributed by atoms with van der Waals surface area (Å²) in [6, 6.07) is 7.57. The van der Waals surface area contributed by atoms with Crippen molar-refractivity contribution in [1.29, 1.82) is 0 Å². The number of phenolic OH excluding ortho intramolecular Hbond substituents is 1. The van der Waals surface area contributed by atoms with Crippen LogP contribution in [0.15, 0.2) is 41.3 Å². The van der Waals surface area contributed by atoms with Crippen LogP contribution in [0.3, 0.4) is 0 Å². The molecule has 0 unspecified atom stereocenters. The molecule has 9 nitrogen and oxygen atoms in total. The lowest BCUT2D eigenvalue weighted by Crippen LogP contribution is -2.28. The van der Waals surface area contributed by atoms with Crippen molar-refractivity contribution < 1.29 is 23.2 Å². The number of nitro benzene ring substituents is 1. The molecule has 0 radical (unpaired) electrons. The maximum Gasteiger partial charge on any atom is 0.272 e. The number of amides is 1. The van der Waals surface area contributed by atoms with Crippen LogP contribution in [0.4, 0.5) is 11.4 Å². The third kappa shape index (κ3) is 3.82. The van der Waals surface area contributed by atoms with Gasteiger partial charge in [0, 0.05) is 30.3 Å². The van der Waals surface area contributed by atoms with Gasteiger partial charge in [0.25, 0.3) is 11.6 Å². The second-order valence-corrected chi connectivity index (χ2v) is 8.44. The Morgan fingerprint density at radius 1 is 1.18 bits per heavy atom. The van der Waals surface area contributed by atoms with E-state index in [4.69, 9.17) is 0 Å². The minimum Gasteiger partial charge on any atom is -0.506 e. The zero-order valence-corrected chi connectivity index (χ0v) is 15.9. The number of hydrogen-bond donors (Lipinski definition) is 2. The summed E-state index contributed by atoms with van der Waals surface area (Å²) in [4.78, 5) is 22.8. The Balaban J connectivity index is 1.87. The van der Waals surface area contributed by atoms with Crippen LogP contribution in [-0.4, -0.2) is 41.7 Å². The molecule has 0 atom stereocenters. The standard InChI is InChI=1S/C18H19N3O6S/c1-12-10-13(4-6-16(12)21(24)25)18(23)19-15-11-14(5-7-17(15)22)28(26,27)20-8-2-3-9-20/h4-7,10-11,22H,2-3,8-9H2,1H3,(H,19,23). The molecule has 1 aliphatic heterocycles. The van der Waals surface area contributed by atoms with Crippen molar-refractivity contribution in [1.82, 2.24) is 4.31 Å². The number of anilines is 1. The van der Waals surface area contributed by atoms with E-state index in [9.17, 15) is 28.4 Å². The Hall–Kier alpha value is -2.98. The number of nitro groups is 1. The fourth-order valence-corrected chi connectivity index (χ4v) is 4.59. The molecule has 2 aromatic carbocycles. The minimum absolute atomic E-state index is 0.0256. The Bertz CT molecular complexity index is 1050. The summed E-state index contributed by atoms with van der Waals surface area (Å²) in [6.07, 6.45) is 1.58. The van der Waals surface area contributed by atoms with Crippen LogP contribution in [-0.2, 0) is 10.0 Å². The van der Waals surface area contributed by atoms with E-state index in [1.54, 1.807) is 0 Å². The highest BCUT2D eigenvalue weighted by atomic mass is 32.2. The van der Waals surface area contributed by atoms with Crippen LogP contribution < -0.4 is 5.32 Å². The van der Waals surface area contributed by atoms with Gasteiger partial charge in [-0.1, -0.05) is 0 Å². The second kappa shape index (κ2) is 7.56. The monoisotopic (exact) mass is 405 g/mol. The quantitative estimate of drug-likeness (QED) is 0.447. The molecule has 1 fully saturated rings. The summed E-state index contributed by atoms with van der Waals surface area (Å²) >= 11 is 0. The molecule has 10 heteroatoms. The van der Waals surface area contributed by atoms with Crippen molar-refractivity contribution in [2.45, 2.75) is 24.7 Å². The SMILES string of the molecule is Cc1cc(C(=O)Nc2cc(S(=O)(=O)N3CCCC3)ccc2O)ccc1[N+](=O)[O-]. The van der Waals surface area contributed by atoms with Crippen LogP contribution >= 0.6 is 0 Å². The average molecular weight is 405 g/mol. The molecule has 148 valence electrons. The number of carbonyl (C=O) groups excluding carboxylic acids is 1. The fourth-order valence-electron chi connectivity index (χ4n) is 3.05. The van der Waals surface area contributed by atoms with Crippen LogP contribution in [0.5, 0.6) is 5.75 Å². The molecule has 0 aliphatic carbocycles. The fraction of sp³-hybridized carbons (Fsp3) is 0.278. The van der Waals surface area contributed by atoms with E-state index in [1.807, 2.05) is 0 Å². The highest BCUT2D eigenvalue weighted by Crippen LogP contribution is 2.30. The molecule has 1 amide bonds. The molecule has 3 rings (SSSR count). The second-order valence-electron chi connectivity index (χ2n) is 6.50. The van der Waals surface area contributed by atoms with Crippen molar-refractivity contribution in [3.8, 4) is 5.75 Å². The summed E-state index contributed by atoms with van der Waals surface area (Å²) in [6.45, 7) is 2.38. The van der Waals surface area contributed by atoms with Gasteiger partial charge in [0.05, 0.1) is 15.5 Å². The maximum atomic E-state index is 12.7. The number of sulfonamides is 1. The smallest absolute Gasteiger partial charge is 0.272 e. The zero-order valence-electron chi connectivity index (χ0n) is 15.1. The van der Waals surface area contributed by atoms with Gasteiger partial charge in [-0.2, -0.15) is 4.31 Å². The molecule has 0 aromatic heterocycles. The Morgan fingerprint density at radius 3 is 2.46 bits per heavy atom. The highest BCUT2D eigenvalue weighted by Gasteiger charge is 2.28. The van der Waals surface area contributed by atoms with E-state index < -0.39 is 20.9 Å². The van der Waals surface area contributed by atoms with E-state index >= 15 is 0 Å². The van der Waals surface area contributed by atoms with Gasteiger partial charge in [-0.3, -0.25) is 14.9 Å². The largest absolute Gasteiger partial charge is 0.506 e. The van der Waals surface area contributed by atoms with E-state index in [-0.39, 0.29) is 27.6 Å². The summed E-state index contributed by atoms with van der Waals surface area (Å²) in [7, 11) is -3.70. The lowest BCUT2D eigenvalue weighted by molar-refractivity contribution is -0.385. The molecular weight excluding hydrogens is 386 g/mol.